The van der Waals surface area contributed by atoms with Crippen molar-refractivity contribution < 1.29 is 19.4 Å². The molecule has 2 N–H and O–H groups in total. The van der Waals surface area contributed by atoms with Gasteiger partial charge in [0.1, 0.15) is 0 Å². The Morgan fingerprint density at radius 1 is 1.50 bits per heavy atom. The van der Waals surface area contributed by atoms with Crippen LogP contribution in [0, 0.1) is 5.41 Å². The predicted octanol–water partition coefficient (Wildman–Crippen LogP) is 0.672. The van der Waals surface area contributed by atoms with Gasteiger partial charge in [-0.05, 0) is 19.3 Å². The molecule has 1 atom stereocenters. The first-order valence-corrected chi connectivity index (χ1v) is 6.45. The maximum atomic E-state index is 12.0. The van der Waals surface area contributed by atoms with E-state index in [0.29, 0.717) is 32.6 Å². The maximum absolute atomic E-state index is 12.0. The third-order valence-corrected chi connectivity index (χ3v) is 3.84. The standard InChI is InChI=1S/C12H20N2O4/c1-2-9-7-18-6-5-14(9)11(17)13-8-12(3-4-12)10(15)16/h9H,2-8H2,1H3,(H,13,17)(H,15,16). The van der Waals surface area contributed by atoms with Gasteiger partial charge in [0.15, 0.2) is 0 Å². The van der Waals surface area contributed by atoms with Crippen LogP contribution in [0.1, 0.15) is 26.2 Å². The van der Waals surface area contributed by atoms with Gasteiger partial charge in [0.05, 0.1) is 24.7 Å². The van der Waals surface area contributed by atoms with Gasteiger partial charge in [-0.1, -0.05) is 6.92 Å². The van der Waals surface area contributed by atoms with Crippen LogP contribution in [-0.2, 0) is 9.53 Å². The van der Waals surface area contributed by atoms with E-state index in [0.717, 1.165) is 6.42 Å². The first kappa shape index (κ1) is 13.1. The molecule has 6 nitrogen and oxygen atoms in total. The number of rotatable bonds is 4. The Hall–Kier alpha value is -1.30. The van der Waals surface area contributed by atoms with Crippen LogP contribution in [0.4, 0.5) is 4.79 Å². The van der Waals surface area contributed by atoms with Crippen molar-refractivity contribution in [3.63, 3.8) is 0 Å². The zero-order valence-corrected chi connectivity index (χ0v) is 10.6. The summed E-state index contributed by atoms with van der Waals surface area (Å²) in [7, 11) is 0. The molecule has 1 aliphatic heterocycles. The molecule has 1 unspecified atom stereocenters. The van der Waals surface area contributed by atoms with Gasteiger partial charge in [-0.15, -0.1) is 0 Å². The molecule has 1 saturated heterocycles. The highest BCUT2D eigenvalue weighted by molar-refractivity contribution is 5.80. The van der Waals surface area contributed by atoms with Crippen LogP contribution in [-0.4, -0.2) is 54.4 Å². The minimum absolute atomic E-state index is 0.0960. The third kappa shape index (κ3) is 2.58. The van der Waals surface area contributed by atoms with Gasteiger partial charge in [0.2, 0.25) is 0 Å². The van der Waals surface area contributed by atoms with Crippen molar-refractivity contribution in [1.82, 2.24) is 10.2 Å². The molecule has 0 aromatic heterocycles. The summed E-state index contributed by atoms with van der Waals surface area (Å²) in [6, 6.07) is -0.0728. The van der Waals surface area contributed by atoms with E-state index in [1.165, 1.54) is 0 Å². The number of urea groups is 1. The molecule has 6 heteroatoms. The Morgan fingerprint density at radius 3 is 2.78 bits per heavy atom. The van der Waals surface area contributed by atoms with Gasteiger partial charge in [0.25, 0.3) is 0 Å². The van der Waals surface area contributed by atoms with E-state index < -0.39 is 11.4 Å². The van der Waals surface area contributed by atoms with Crippen molar-refractivity contribution in [3.05, 3.63) is 0 Å². The van der Waals surface area contributed by atoms with Crippen molar-refractivity contribution in [2.24, 2.45) is 5.41 Å². The minimum atomic E-state index is -0.809. The topological polar surface area (TPSA) is 78.9 Å². The molecule has 102 valence electrons. The average Bonchev–Trinajstić information content (AvgIpc) is 3.17. The molecule has 1 heterocycles. The number of carbonyl (C=O) groups excluding carboxylic acids is 1. The lowest BCUT2D eigenvalue weighted by molar-refractivity contribution is -0.143. The van der Waals surface area contributed by atoms with Crippen molar-refractivity contribution in [2.45, 2.75) is 32.2 Å². The second-order valence-corrected chi connectivity index (χ2v) is 5.07. The molecule has 18 heavy (non-hydrogen) atoms. The SMILES string of the molecule is CCC1COCCN1C(=O)NCC1(C(=O)O)CC1. The van der Waals surface area contributed by atoms with E-state index >= 15 is 0 Å². The van der Waals surface area contributed by atoms with Gasteiger partial charge < -0.3 is 20.1 Å². The largest absolute Gasteiger partial charge is 0.481 e. The predicted molar refractivity (Wildman–Crippen MR) is 64.3 cm³/mol. The Labute approximate surface area is 106 Å². The molecule has 2 aliphatic rings. The second kappa shape index (κ2) is 5.14. The summed E-state index contributed by atoms with van der Waals surface area (Å²) < 4.78 is 5.33. The highest BCUT2D eigenvalue weighted by Gasteiger charge is 2.50. The van der Waals surface area contributed by atoms with E-state index in [1.807, 2.05) is 6.92 Å². The zero-order chi connectivity index (χ0) is 13.2. The number of morpholine rings is 1. The number of carboxylic acid groups (broad SMARTS) is 1. The number of hydrogen-bond donors (Lipinski definition) is 2. The van der Waals surface area contributed by atoms with Gasteiger partial charge in [-0.25, -0.2) is 4.79 Å². The Balaban J connectivity index is 1.85. The molecule has 2 rings (SSSR count). The fourth-order valence-corrected chi connectivity index (χ4v) is 2.22. The van der Waals surface area contributed by atoms with Gasteiger partial charge >= 0.3 is 12.0 Å². The third-order valence-electron chi connectivity index (χ3n) is 3.84. The van der Waals surface area contributed by atoms with Crippen LogP contribution < -0.4 is 5.32 Å². The van der Waals surface area contributed by atoms with Crippen molar-refractivity contribution >= 4 is 12.0 Å². The lowest BCUT2D eigenvalue weighted by atomic mass is 10.1. The van der Waals surface area contributed by atoms with Crippen LogP contribution in [0.2, 0.25) is 0 Å². The molecule has 0 bridgehead atoms. The molecule has 0 aromatic rings. The molecule has 0 aromatic carbocycles. The smallest absolute Gasteiger partial charge is 0.317 e. The highest BCUT2D eigenvalue weighted by atomic mass is 16.5. The number of aliphatic carboxylic acids is 1. The number of nitrogens with one attached hydrogen (secondary N) is 1. The molecule has 2 amide bonds. The Morgan fingerprint density at radius 2 is 2.22 bits per heavy atom. The number of ether oxygens (including phenoxy) is 1. The summed E-state index contributed by atoms with van der Waals surface area (Å²) in [5, 5.41) is 11.8. The van der Waals surface area contributed by atoms with E-state index in [2.05, 4.69) is 5.32 Å². The van der Waals surface area contributed by atoms with Gasteiger partial charge in [0, 0.05) is 13.1 Å². The summed E-state index contributed by atoms with van der Waals surface area (Å²) >= 11 is 0. The van der Waals surface area contributed by atoms with Crippen LogP contribution in [0.3, 0.4) is 0 Å². The minimum Gasteiger partial charge on any atom is -0.481 e. The Bertz CT molecular complexity index is 341. The van der Waals surface area contributed by atoms with Gasteiger partial charge in [-0.3, -0.25) is 4.79 Å². The monoisotopic (exact) mass is 256 g/mol. The summed E-state index contributed by atoms with van der Waals surface area (Å²) in [5.74, 6) is -0.809. The lowest BCUT2D eigenvalue weighted by Gasteiger charge is -2.35. The fraction of sp³-hybridized carbons (Fsp3) is 0.833. The number of hydrogen-bond acceptors (Lipinski definition) is 3. The number of nitrogens with zero attached hydrogens (tertiary/aromatic N) is 1. The van der Waals surface area contributed by atoms with Crippen LogP contribution in [0.15, 0.2) is 0 Å². The molecule has 0 spiro atoms. The molecular weight excluding hydrogens is 236 g/mol. The second-order valence-electron chi connectivity index (χ2n) is 5.07. The highest BCUT2D eigenvalue weighted by Crippen LogP contribution is 2.45. The van der Waals surface area contributed by atoms with Crippen LogP contribution in [0.5, 0.6) is 0 Å². The summed E-state index contributed by atoms with van der Waals surface area (Å²) in [5.41, 5.74) is -0.705. The van der Waals surface area contributed by atoms with Crippen molar-refractivity contribution in [2.75, 3.05) is 26.3 Å². The van der Waals surface area contributed by atoms with Gasteiger partial charge in [-0.2, -0.15) is 0 Å². The van der Waals surface area contributed by atoms with E-state index in [1.54, 1.807) is 4.90 Å². The maximum Gasteiger partial charge on any atom is 0.317 e. The zero-order valence-electron chi connectivity index (χ0n) is 10.6. The Kier molecular flexibility index (Phi) is 3.75. The molecule has 0 radical (unpaired) electrons. The fourth-order valence-electron chi connectivity index (χ4n) is 2.22. The normalized spacial score (nSPS) is 25.6. The first-order chi connectivity index (χ1) is 8.59. The number of carbonyl (C=O) groups is 2. The summed E-state index contributed by atoms with van der Waals surface area (Å²) in [6.45, 7) is 3.93. The van der Waals surface area contributed by atoms with E-state index in [9.17, 15) is 9.59 Å². The van der Waals surface area contributed by atoms with E-state index in [-0.39, 0.29) is 18.6 Å². The summed E-state index contributed by atoms with van der Waals surface area (Å²) in [6.07, 6.45) is 2.16. The molecular formula is C12H20N2O4. The number of amides is 2. The molecule has 2 fully saturated rings. The van der Waals surface area contributed by atoms with Crippen molar-refractivity contribution in [1.29, 1.82) is 0 Å². The van der Waals surface area contributed by atoms with Crippen molar-refractivity contribution in [3.8, 4) is 0 Å². The summed E-state index contributed by atoms with van der Waals surface area (Å²) in [4.78, 5) is 24.8. The first-order valence-electron chi connectivity index (χ1n) is 6.45. The quantitative estimate of drug-likeness (QED) is 0.775. The molecule has 1 aliphatic carbocycles. The average molecular weight is 256 g/mol. The molecule has 1 saturated carbocycles. The van der Waals surface area contributed by atoms with Crippen LogP contribution in [0.25, 0.3) is 0 Å². The van der Waals surface area contributed by atoms with Crippen LogP contribution >= 0.6 is 0 Å². The van der Waals surface area contributed by atoms with E-state index in [4.69, 9.17) is 9.84 Å². The lowest BCUT2D eigenvalue weighted by Crippen LogP contribution is -2.53. The number of carboxylic acids is 1.